The second-order valence-corrected chi connectivity index (χ2v) is 6.41. The summed E-state index contributed by atoms with van der Waals surface area (Å²) in [5, 5.41) is 5.09. The summed E-state index contributed by atoms with van der Waals surface area (Å²) >= 11 is 1.32. The number of hydrogen-bond acceptors (Lipinski definition) is 8. The van der Waals surface area contributed by atoms with Crippen LogP contribution < -0.4 is 10.1 Å². The highest BCUT2D eigenvalue weighted by molar-refractivity contribution is 7.14. The average Bonchev–Trinajstić information content (AvgIpc) is 3.39. The normalized spacial score (nSPS) is 10.6. The number of aromatic nitrogens is 6. The van der Waals surface area contributed by atoms with Crippen molar-refractivity contribution in [3.63, 3.8) is 0 Å². The monoisotopic (exact) mass is 393 g/mol. The van der Waals surface area contributed by atoms with Crippen molar-refractivity contribution >= 4 is 22.4 Å². The quantitative estimate of drug-likeness (QED) is 0.537. The van der Waals surface area contributed by atoms with Crippen LogP contribution in [0.2, 0.25) is 0 Å². The second-order valence-electron chi connectivity index (χ2n) is 5.55. The molecule has 0 aromatic carbocycles. The van der Waals surface area contributed by atoms with Crippen molar-refractivity contribution in [2.24, 2.45) is 0 Å². The minimum Gasteiger partial charge on any atom is -0.492 e. The number of nitrogens with zero attached hydrogens (tertiary/aromatic N) is 6. The molecule has 0 spiro atoms. The molecule has 0 aliphatic carbocycles. The third-order valence-corrected chi connectivity index (χ3v) is 4.49. The van der Waals surface area contributed by atoms with E-state index in [1.165, 1.54) is 30.2 Å². The van der Waals surface area contributed by atoms with Gasteiger partial charge in [-0.2, -0.15) is 0 Å². The van der Waals surface area contributed by atoms with E-state index in [9.17, 15) is 4.79 Å². The number of amides is 1. The fourth-order valence-electron chi connectivity index (χ4n) is 2.48. The number of hydrogen-bond donors (Lipinski definition) is 1. The van der Waals surface area contributed by atoms with Crippen molar-refractivity contribution in [3.05, 3.63) is 60.6 Å². The highest BCUT2D eigenvalue weighted by Crippen LogP contribution is 2.25. The summed E-state index contributed by atoms with van der Waals surface area (Å²) in [7, 11) is 0. The smallest absolute Gasteiger partial charge is 0.276 e. The topological polar surface area (TPSA) is 108 Å². The van der Waals surface area contributed by atoms with E-state index >= 15 is 0 Å². The van der Waals surface area contributed by atoms with Gasteiger partial charge in [-0.25, -0.2) is 19.9 Å². The largest absolute Gasteiger partial charge is 0.492 e. The van der Waals surface area contributed by atoms with Gasteiger partial charge in [0, 0.05) is 5.38 Å². The summed E-state index contributed by atoms with van der Waals surface area (Å²) in [6.07, 6.45) is 9.29. The summed E-state index contributed by atoms with van der Waals surface area (Å²) in [6.45, 7) is 2.50. The van der Waals surface area contributed by atoms with Gasteiger partial charge in [0.15, 0.2) is 5.13 Å². The van der Waals surface area contributed by atoms with E-state index in [-0.39, 0.29) is 5.91 Å². The molecule has 4 aromatic heterocycles. The lowest BCUT2D eigenvalue weighted by atomic mass is 10.3. The fourth-order valence-corrected chi connectivity index (χ4v) is 3.18. The van der Waals surface area contributed by atoms with Crippen molar-refractivity contribution in [2.45, 2.75) is 6.92 Å². The predicted octanol–water partition coefficient (Wildman–Crippen LogP) is 2.83. The number of nitrogens with one attached hydrogen (secondary N) is 1. The Hall–Kier alpha value is -3.66. The SMILES string of the molecule is CCOc1ccc(-c2csc(NC(=O)c3cncn3-c3cncnc3)n2)nc1. The van der Waals surface area contributed by atoms with E-state index in [2.05, 4.69) is 30.2 Å². The standard InChI is InChI=1S/C18H15N7O2S/c1-2-27-13-3-4-14(22-7-13)15-9-28-18(23-15)24-17(26)16-8-21-11-25(16)12-5-19-10-20-6-12/h3-11H,2H2,1H3,(H,23,24,26). The number of pyridine rings is 1. The van der Waals surface area contributed by atoms with Crippen molar-refractivity contribution in [1.82, 2.24) is 29.5 Å². The molecule has 0 saturated carbocycles. The second kappa shape index (κ2) is 7.92. The summed E-state index contributed by atoms with van der Waals surface area (Å²) < 4.78 is 7.00. The first kappa shape index (κ1) is 17.7. The highest BCUT2D eigenvalue weighted by Gasteiger charge is 2.16. The molecule has 0 aliphatic rings. The molecule has 0 bridgehead atoms. The first-order valence-corrected chi connectivity index (χ1v) is 9.26. The molecule has 10 heteroatoms. The van der Waals surface area contributed by atoms with Crippen LogP contribution in [0, 0.1) is 0 Å². The Bertz CT molecular complexity index is 1080. The number of carbonyl (C=O) groups is 1. The van der Waals surface area contributed by atoms with Crippen molar-refractivity contribution in [3.8, 4) is 22.8 Å². The van der Waals surface area contributed by atoms with Crippen molar-refractivity contribution in [2.75, 3.05) is 11.9 Å². The van der Waals surface area contributed by atoms with Crippen molar-refractivity contribution in [1.29, 1.82) is 0 Å². The van der Waals surface area contributed by atoms with Crippen LogP contribution in [0.4, 0.5) is 5.13 Å². The Balaban J connectivity index is 1.50. The minimum absolute atomic E-state index is 0.332. The molecule has 28 heavy (non-hydrogen) atoms. The van der Waals surface area contributed by atoms with E-state index < -0.39 is 0 Å². The van der Waals surface area contributed by atoms with Gasteiger partial charge in [-0.3, -0.25) is 19.7 Å². The van der Waals surface area contributed by atoms with Crippen LogP contribution in [0.15, 0.2) is 55.0 Å². The van der Waals surface area contributed by atoms with Gasteiger partial charge in [-0.05, 0) is 19.1 Å². The zero-order valence-corrected chi connectivity index (χ0v) is 15.6. The van der Waals surface area contributed by atoms with Gasteiger partial charge >= 0.3 is 0 Å². The van der Waals surface area contributed by atoms with Crippen LogP contribution in [0.25, 0.3) is 17.1 Å². The van der Waals surface area contributed by atoms with Gasteiger partial charge in [0.25, 0.3) is 5.91 Å². The zero-order valence-electron chi connectivity index (χ0n) is 14.8. The first-order valence-electron chi connectivity index (χ1n) is 8.38. The molecular formula is C18H15N7O2S. The maximum Gasteiger partial charge on any atom is 0.276 e. The maximum atomic E-state index is 12.7. The number of anilines is 1. The molecule has 4 rings (SSSR count). The highest BCUT2D eigenvalue weighted by atomic mass is 32.1. The zero-order chi connectivity index (χ0) is 19.3. The van der Waals surface area contributed by atoms with Crippen LogP contribution in [0.3, 0.4) is 0 Å². The lowest BCUT2D eigenvalue weighted by Crippen LogP contribution is -2.16. The van der Waals surface area contributed by atoms with Crippen LogP contribution in [-0.2, 0) is 0 Å². The Labute approximate surface area is 164 Å². The van der Waals surface area contributed by atoms with Gasteiger partial charge in [0.05, 0.1) is 49.1 Å². The number of carbonyl (C=O) groups excluding carboxylic acids is 1. The van der Waals surface area contributed by atoms with Crippen LogP contribution in [0.5, 0.6) is 5.75 Å². The summed E-state index contributed by atoms with van der Waals surface area (Å²) in [5.41, 5.74) is 2.37. The number of imidazole rings is 1. The Kier molecular flexibility index (Phi) is 5.02. The average molecular weight is 393 g/mol. The Morgan fingerprint density at radius 1 is 1.14 bits per heavy atom. The molecule has 140 valence electrons. The third-order valence-electron chi connectivity index (χ3n) is 3.73. The van der Waals surface area contributed by atoms with E-state index in [0.717, 1.165) is 0 Å². The molecular weight excluding hydrogens is 378 g/mol. The third kappa shape index (κ3) is 3.71. The van der Waals surface area contributed by atoms with Gasteiger partial charge in [-0.1, -0.05) is 0 Å². The lowest BCUT2D eigenvalue weighted by molar-refractivity contribution is 0.102. The van der Waals surface area contributed by atoms with E-state index in [1.807, 2.05) is 24.4 Å². The van der Waals surface area contributed by atoms with Crippen LogP contribution in [-0.4, -0.2) is 42.0 Å². The first-order chi connectivity index (χ1) is 13.7. The number of ether oxygens (including phenoxy) is 1. The van der Waals surface area contributed by atoms with Gasteiger partial charge in [-0.15, -0.1) is 11.3 Å². The molecule has 0 radical (unpaired) electrons. The van der Waals surface area contributed by atoms with Gasteiger partial charge in [0.1, 0.15) is 23.5 Å². The lowest BCUT2D eigenvalue weighted by Gasteiger charge is -2.06. The van der Waals surface area contributed by atoms with Gasteiger partial charge < -0.3 is 4.74 Å². The van der Waals surface area contributed by atoms with Crippen LogP contribution >= 0.6 is 11.3 Å². The predicted molar refractivity (Wildman–Crippen MR) is 104 cm³/mol. The molecule has 0 unspecified atom stereocenters. The molecule has 0 fully saturated rings. The van der Waals surface area contributed by atoms with Gasteiger partial charge in [0.2, 0.25) is 0 Å². The molecule has 0 aliphatic heterocycles. The number of rotatable bonds is 6. The molecule has 1 N–H and O–H groups in total. The minimum atomic E-state index is -0.332. The molecule has 4 heterocycles. The molecule has 0 atom stereocenters. The molecule has 0 saturated heterocycles. The molecule has 4 aromatic rings. The summed E-state index contributed by atoms with van der Waals surface area (Å²) in [6, 6.07) is 3.67. The summed E-state index contributed by atoms with van der Waals surface area (Å²) in [4.78, 5) is 33.4. The fraction of sp³-hybridized carbons (Fsp3) is 0.111. The summed E-state index contributed by atoms with van der Waals surface area (Å²) in [5.74, 6) is 0.370. The molecule has 9 nitrogen and oxygen atoms in total. The van der Waals surface area contributed by atoms with E-state index in [0.29, 0.717) is 40.3 Å². The molecule has 1 amide bonds. The number of thiazole rings is 1. The van der Waals surface area contributed by atoms with E-state index in [1.54, 1.807) is 23.2 Å². The maximum absolute atomic E-state index is 12.7. The van der Waals surface area contributed by atoms with Crippen LogP contribution in [0.1, 0.15) is 17.4 Å². The van der Waals surface area contributed by atoms with Crippen molar-refractivity contribution < 1.29 is 9.53 Å². The Morgan fingerprint density at radius 2 is 2.00 bits per heavy atom. The Morgan fingerprint density at radius 3 is 2.75 bits per heavy atom. The van der Waals surface area contributed by atoms with E-state index in [4.69, 9.17) is 4.74 Å².